The molecule has 5 heteroatoms. The minimum Gasteiger partial charge on any atom is -0.456 e. The van der Waals surface area contributed by atoms with Gasteiger partial charge in [0.15, 0.2) is 5.84 Å². The lowest BCUT2D eigenvalue weighted by atomic mass is 10.0. The Hall–Kier alpha value is -4.93. The molecule has 0 fully saturated rings. The van der Waals surface area contributed by atoms with Crippen molar-refractivity contribution in [2.24, 2.45) is 9.98 Å². The number of amidine groups is 2. The fraction of sp³-hybridized carbons (Fsp3) is 0.0286. The van der Waals surface area contributed by atoms with Gasteiger partial charge in [0.1, 0.15) is 23.2 Å². The molecule has 40 heavy (non-hydrogen) atoms. The van der Waals surface area contributed by atoms with Crippen molar-refractivity contribution in [3.63, 3.8) is 0 Å². The van der Waals surface area contributed by atoms with E-state index in [0.29, 0.717) is 10.9 Å². The first kappa shape index (κ1) is 23.0. The summed E-state index contributed by atoms with van der Waals surface area (Å²) in [6, 6.07) is 41.2. The lowest BCUT2D eigenvalue weighted by Crippen LogP contribution is -2.33. The highest BCUT2D eigenvalue weighted by molar-refractivity contribution is 6.36. The summed E-state index contributed by atoms with van der Waals surface area (Å²) >= 11 is 6.59. The van der Waals surface area contributed by atoms with Crippen LogP contribution in [0.25, 0.3) is 43.5 Å². The molecule has 190 valence electrons. The van der Waals surface area contributed by atoms with E-state index in [1.165, 1.54) is 10.8 Å². The Morgan fingerprint density at radius 1 is 0.625 bits per heavy atom. The van der Waals surface area contributed by atoms with Gasteiger partial charge < -0.3 is 9.73 Å². The van der Waals surface area contributed by atoms with Gasteiger partial charge in [0.25, 0.3) is 0 Å². The van der Waals surface area contributed by atoms with Crippen molar-refractivity contribution in [3.05, 3.63) is 143 Å². The first-order valence-corrected chi connectivity index (χ1v) is 13.6. The van der Waals surface area contributed by atoms with Crippen LogP contribution in [0.15, 0.2) is 136 Å². The first-order chi connectivity index (χ1) is 19.7. The SMILES string of the molecule is Clc1cccc2c(C3=NC(c4cccc5oc6ccccc6c45)=NC(c4ccc5ccccc5c4)N3)cccc12. The van der Waals surface area contributed by atoms with Crippen LogP contribution in [0.1, 0.15) is 22.9 Å². The van der Waals surface area contributed by atoms with Gasteiger partial charge in [-0.05, 0) is 46.0 Å². The van der Waals surface area contributed by atoms with Crippen molar-refractivity contribution in [1.29, 1.82) is 0 Å². The first-order valence-electron chi connectivity index (χ1n) is 13.2. The fourth-order valence-electron chi connectivity index (χ4n) is 5.69. The summed E-state index contributed by atoms with van der Waals surface area (Å²) < 4.78 is 6.19. The molecule has 1 unspecified atom stereocenters. The van der Waals surface area contributed by atoms with Crippen LogP contribution < -0.4 is 5.32 Å². The van der Waals surface area contributed by atoms with Gasteiger partial charge >= 0.3 is 0 Å². The van der Waals surface area contributed by atoms with Crippen LogP contribution in [0.2, 0.25) is 5.02 Å². The molecule has 0 saturated carbocycles. The van der Waals surface area contributed by atoms with E-state index in [1.807, 2.05) is 54.6 Å². The minimum absolute atomic E-state index is 0.338. The van der Waals surface area contributed by atoms with Crippen LogP contribution in [-0.4, -0.2) is 11.7 Å². The predicted octanol–water partition coefficient (Wildman–Crippen LogP) is 9.04. The number of furan rings is 1. The average molecular weight is 536 g/mol. The Bertz CT molecular complexity index is 2180. The number of nitrogens with one attached hydrogen (secondary N) is 1. The number of para-hydroxylation sites is 1. The van der Waals surface area contributed by atoms with Gasteiger partial charge in [0, 0.05) is 32.3 Å². The molecule has 4 nitrogen and oxygen atoms in total. The fourth-order valence-corrected chi connectivity index (χ4v) is 5.93. The standard InChI is InChI=1S/C35H22ClN3O/c36-29-15-6-11-24-25(29)12-5-13-26(24)34-37-33(23-19-18-21-8-1-2-9-22(21)20-23)38-35(39-34)28-14-7-17-31-32(28)27-10-3-4-16-30(27)40-31/h1-20,33H,(H,37,38,39). The summed E-state index contributed by atoms with van der Waals surface area (Å²) in [5.41, 5.74) is 4.63. The molecule has 0 amide bonds. The molecule has 2 heterocycles. The third kappa shape index (κ3) is 3.69. The number of rotatable bonds is 3. The molecule has 0 bridgehead atoms. The van der Waals surface area contributed by atoms with E-state index in [4.69, 9.17) is 26.0 Å². The molecular formula is C35H22ClN3O. The third-order valence-electron chi connectivity index (χ3n) is 7.60. The van der Waals surface area contributed by atoms with Gasteiger partial charge in [0.2, 0.25) is 0 Å². The summed E-state index contributed by atoms with van der Waals surface area (Å²) in [5.74, 6) is 1.41. The van der Waals surface area contributed by atoms with E-state index < -0.39 is 0 Å². The molecule has 6 aromatic carbocycles. The molecule has 1 atom stereocenters. The monoisotopic (exact) mass is 535 g/mol. The van der Waals surface area contributed by atoms with Crippen LogP contribution in [0.5, 0.6) is 0 Å². The van der Waals surface area contributed by atoms with Crippen LogP contribution >= 0.6 is 11.6 Å². The van der Waals surface area contributed by atoms with Gasteiger partial charge in [-0.25, -0.2) is 9.98 Å². The number of halogens is 1. The molecule has 0 saturated heterocycles. The summed E-state index contributed by atoms with van der Waals surface area (Å²) in [4.78, 5) is 10.3. The zero-order valence-electron chi connectivity index (χ0n) is 21.3. The number of fused-ring (bicyclic) bond motifs is 5. The van der Waals surface area contributed by atoms with E-state index in [1.54, 1.807) is 0 Å². The normalized spacial score (nSPS) is 15.4. The second-order valence-corrected chi connectivity index (χ2v) is 10.4. The van der Waals surface area contributed by atoms with Crippen molar-refractivity contribution in [3.8, 4) is 0 Å². The van der Waals surface area contributed by atoms with Crippen molar-refractivity contribution < 1.29 is 4.42 Å². The lowest BCUT2D eigenvalue weighted by molar-refractivity contribution is 0.668. The molecular weight excluding hydrogens is 514 g/mol. The highest BCUT2D eigenvalue weighted by Crippen LogP contribution is 2.34. The second kappa shape index (κ2) is 9.08. The Morgan fingerprint density at radius 2 is 1.35 bits per heavy atom. The molecule has 1 aromatic heterocycles. The van der Waals surface area contributed by atoms with E-state index in [-0.39, 0.29) is 6.17 Å². The number of hydrogen-bond donors (Lipinski definition) is 1. The van der Waals surface area contributed by atoms with Crippen molar-refractivity contribution in [2.75, 3.05) is 0 Å². The zero-order chi connectivity index (χ0) is 26.6. The maximum absolute atomic E-state index is 6.59. The number of nitrogens with zero attached hydrogens (tertiary/aromatic N) is 2. The smallest absolute Gasteiger partial charge is 0.160 e. The average Bonchev–Trinajstić information content (AvgIpc) is 3.39. The maximum Gasteiger partial charge on any atom is 0.160 e. The summed E-state index contributed by atoms with van der Waals surface area (Å²) in [6.45, 7) is 0. The minimum atomic E-state index is -0.338. The number of benzene rings is 6. The molecule has 0 spiro atoms. The Labute approximate surface area is 235 Å². The maximum atomic E-state index is 6.59. The van der Waals surface area contributed by atoms with Gasteiger partial charge in [-0.15, -0.1) is 0 Å². The topological polar surface area (TPSA) is 49.9 Å². The molecule has 7 aromatic rings. The molecule has 8 rings (SSSR count). The zero-order valence-corrected chi connectivity index (χ0v) is 22.1. The van der Waals surface area contributed by atoms with Gasteiger partial charge in [-0.3, -0.25) is 0 Å². The highest BCUT2D eigenvalue weighted by Gasteiger charge is 2.24. The Morgan fingerprint density at radius 3 is 2.30 bits per heavy atom. The van der Waals surface area contributed by atoms with E-state index in [9.17, 15) is 0 Å². The van der Waals surface area contributed by atoms with Gasteiger partial charge in [-0.2, -0.15) is 0 Å². The van der Waals surface area contributed by atoms with Crippen LogP contribution in [0.4, 0.5) is 0 Å². The second-order valence-electron chi connectivity index (χ2n) is 9.98. The van der Waals surface area contributed by atoms with Gasteiger partial charge in [0.05, 0.1) is 0 Å². The summed E-state index contributed by atoms with van der Waals surface area (Å²) in [7, 11) is 0. The molecule has 0 aliphatic carbocycles. The van der Waals surface area contributed by atoms with E-state index in [2.05, 4.69) is 72.0 Å². The van der Waals surface area contributed by atoms with Crippen molar-refractivity contribution in [2.45, 2.75) is 6.17 Å². The van der Waals surface area contributed by atoms with E-state index in [0.717, 1.165) is 55.2 Å². The van der Waals surface area contributed by atoms with Crippen LogP contribution in [0, 0.1) is 0 Å². The van der Waals surface area contributed by atoms with Crippen molar-refractivity contribution >= 4 is 66.8 Å². The van der Waals surface area contributed by atoms with Crippen molar-refractivity contribution in [1.82, 2.24) is 5.32 Å². The lowest BCUT2D eigenvalue weighted by Gasteiger charge is -2.25. The van der Waals surface area contributed by atoms with Crippen LogP contribution in [-0.2, 0) is 0 Å². The molecule has 1 N–H and O–H groups in total. The molecule has 1 aliphatic heterocycles. The van der Waals surface area contributed by atoms with E-state index >= 15 is 0 Å². The Kier molecular flexibility index (Phi) is 5.22. The Balaban J connectivity index is 1.37. The largest absolute Gasteiger partial charge is 0.456 e. The highest BCUT2D eigenvalue weighted by atomic mass is 35.5. The molecule has 0 radical (unpaired) electrons. The third-order valence-corrected chi connectivity index (χ3v) is 7.93. The van der Waals surface area contributed by atoms with Gasteiger partial charge in [-0.1, -0.05) is 109 Å². The predicted molar refractivity (Wildman–Crippen MR) is 166 cm³/mol. The molecule has 1 aliphatic rings. The quantitative estimate of drug-likeness (QED) is 0.245. The summed E-state index contributed by atoms with van der Waals surface area (Å²) in [6.07, 6.45) is -0.338. The number of hydrogen-bond acceptors (Lipinski definition) is 4. The summed E-state index contributed by atoms with van der Waals surface area (Å²) in [5, 5.41) is 10.8. The van der Waals surface area contributed by atoms with Crippen LogP contribution in [0.3, 0.4) is 0 Å². The number of aliphatic imine (C=N–C) groups is 2.